The van der Waals surface area contributed by atoms with Crippen molar-refractivity contribution in [3.63, 3.8) is 0 Å². The highest BCUT2D eigenvalue weighted by molar-refractivity contribution is 5.92. The summed E-state index contributed by atoms with van der Waals surface area (Å²) in [6.45, 7) is 3.29. The average molecular weight is 399 g/mol. The molecule has 0 saturated carbocycles. The molecule has 5 rings (SSSR count). The summed E-state index contributed by atoms with van der Waals surface area (Å²) in [4.78, 5) is 12.7. The van der Waals surface area contributed by atoms with Gasteiger partial charge in [-0.15, -0.1) is 10.2 Å². The summed E-state index contributed by atoms with van der Waals surface area (Å²) in [5.41, 5.74) is 3.97. The third kappa shape index (κ3) is 3.49. The molecule has 1 N–H and O–H groups in total. The molecule has 4 aromatic rings. The number of aryl methyl sites for hydroxylation is 2. The third-order valence-electron chi connectivity index (χ3n) is 5.86. The Morgan fingerprint density at radius 2 is 1.87 bits per heavy atom. The lowest BCUT2D eigenvalue weighted by atomic mass is 10.2. The average Bonchev–Trinajstić information content (AvgIpc) is 3.20. The zero-order valence-electron chi connectivity index (χ0n) is 17.1. The Bertz CT molecular complexity index is 1200. The van der Waals surface area contributed by atoms with Gasteiger partial charge in [0.1, 0.15) is 12.4 Å². The molecule has 2 aromatic carbocycles. The number of para-hydroxylation sites is 1. The largest absolute Gasteiger partial charge is 0.335 e. The minimum atomic E-state index is -0.0384. The number of fused-ring (bicyclic) bond motifs is 2. The van der Waals surface area contributed by atoms with Crippen LogP contribution in [0.4, 0.5) is 5.69 Å². The van der Waals surface area contributed by atoms with Crippen molar-refractivity contribution in [2.45, 2.75) is 45.7 Å². The van der Waals surface area contributed by atoms with Gasteiger partial charge in [-0.05, 0) is 61.5 Å². The van der Waals surface area contributed by atoms with Crippen molar-refractivity contribution in [2.24, 2.45) is 0 Å². The van der Waals surface area contributed by atoms with E-state index in [0.29, 0.717) is 6.54 Å². The Morgan fingerprint density at radius 1 is 1.03 bits per heavy atom. The van der Waals surface area contributed by atoms with Gasteiger partial charge in [-0.25, -0.2) is 0 Å². The lowest BCUT2D eigenvalue weighted by Gasteiger charge is -2.10. The Morgan fingerprint density at radius 3 is 2.73 bits per heavy atom. The van der Waals surface area contributed by atoms with Gasteiger partial charge in [-0.1, -0.05) is 24.6 Å². The fourth-order valence-electron chi connectivity index (χ4n) is 4.30. The van der Waals surface area contributed by atoms with Crippen LogP contribution < -0.4 is 5.32 Å². The Balaban J connectivity index is 1.31. The molecule has 1 aliphatic rings. The van der Waals surface area contributed by atoms with Crippen LogP contribution in [0, 0.1) is 6.92 Å². The highest BCUT2D eigenvalue weighted by Crippen LogP contribution is 2.24. The summed E-state index contributed by atoms with van der Waals surface area (Å²) in [5.74, 6) is 1.96. The summed E-state index contributed by atoms with van der Waals surface area (Å²) in [7, 11) is 0. The van der Waals surface area contributed by atoms with E-state index in [0.717, 1.165) is 52.5 Å². The van der Waals surface area contributed by atoms with Gasteiger partial charge < -0.3 is 14.5 Å². The van der Waals surface area contributed by atoms with Crippen molar-refractivity contribution in [2.75, 3.05) is 5.32 Å². The lowest BCUT2D eigenvalue weighted by Crippen LogP contribution is -2.19. The van der Waals surface area contributed by atoms with E-state index >= 15 is 0 Å². The molecule has 30 heavy (non-hydrogen) atoms. The van der Waals surface area contributed by atoms with E-state index in [1.54, 1.807) is 0 Å². The second-order valence-corrected chi connectivity index (χ2v) is 7.96. The first kappa shape index (κ1) is 18.6. The molecule has 1 amide bonds. The van der Waals surface area contributed by atoms with E-state index in [2.05, 4.69) is 32.2 Å². The molecule has 6 nitrogen and oxygen atoms in total. The van der Waals surface area contributed by atoms with Gasteiger partial charge in [0.15, 0.2) is 5.82 Å². The minimum absolute atomic E-state index is 0.0384. The smallest absolute Gasteiger partial charge is 0.244 e. The number of benzene rings is 2. The Kier molecular flexibility index (Phi) is 4.83. The summed E-state index contributed by atoms with van der Waals surface area (Å²) >= 11 is 0. The van der Waals surface area contributed by atoms with Gasteiger partial charge in [-0.2, -0.15) is 0 Å². The molecule has 0 atom stereocenters. The van der Waals surface area contributed by atoms with Crippen molar-refractivity contribution >= 4 is 22.5 Å². The van der Waals surface area contributed by atoms with Crippen molar-refractivity contribution in [3.8, 4) is 11.4 Å². The van der Waals surface area contributed by atoms with E-state index < -0.39 is 0 Å². The molecule has 0 fully saturated rings. The highest BCUT2D eigenvalue weighted by Gasteiger charge is 2.16. The molecule has 0 spiro atoms. The first-order valence-corrected chi connectivity index (χ1v) is 10.6. The molecule has 0 bridgehead atoms. The summed E-state index contributed by atoms with van der Waals surface area (Å²) in [6.07, 6.45) is 4.58. The highest BCUT2D eigenvalue weighted by atomic mass is 16.1. The van der Waals surface area contributed by atoms with E-state index in [9.17, 15) is 4.79 Å². The number of hydrogen-bond donors (Lipinski definition) is 1. The molecular formula is C24H25N5O. The third-order valence-corrected chi connectivity index (χ3v) is 5.86. The Labute approximate surface area is 175 Å². The predicted octanol–water partition coefficient (Wildman–Crippen LogP) is 4.57. The van der Waals surface area contributed by atoms with Gasteiger partial charge in [-0.3, -0.25) is 4.79 Å². The van der Waals surface area contributed by atoms with E-state index in [4.69, 9.17) is 0 Å². The first-order chi connectivity index (χ1) is 14.7. The van der Waals surface area contributed by atoms with E-state index in [1.807, 2.05) is 54.0 Å². The standard InChI is InChI=1S/C24H25N5O/c1-17-15-19-7-4-5-8-21(19)29(17)16-23(30)25-20-12-10-18(11-13-20)24-27-26-22-9-3-2-6-14-28(22)24/h4-5,7-8,10-13,15H,2-3,6,9,14,16H2,1H3,(H,25,30). The molecule has 0 aliphatic carbocycles. The van der Waals surface area contributed by atoms with Crippen LogP contribution in [-0.4, -0.2) is 25.2 Å². The maximum absolute atomic E-state index is 12.7. The number of aromatic nitrogens is 4. The summed E-state index contributed by atoms with van der Waals surface area (Å²) < 4.78 is 4.28. The topological polar surface area (TPSA) is 64.7 Å². The molecule has 6 heteroatoms. The number of carbonyl (C=O) groups is 1. The van der Waals surface area contributed by atoms with Crippen LogP contribution in [0.5, 0.6) is 0 Å². The number of anilines is 1. The number of hydrogen-bond acceptors (Lipinski definition) is 3. The normalized spacial score (nSPS) is 13.8. The maximum atomic E-state index is 12.7. The van der Waals surface area contributed by atoms with Crippen LogP contribution >= 0.6 is 0 Å². The number of nitrogens with one attached hydrogen (secondary N) is 1. The second-order valence-electron chi connectivity index (χ2n) is 7.96. The van der Waals surface area contributed by atoms with Crippen molar-refractivity contribution < 1.29 is 4.79 Å². The molecule has 152 valence electrons. The quantitative estimate of drug-likeness (QED) is 0.547. The minimum Gasteiger partial charge on any atom is -0.335 e. The Hall–Kier alpha value is -3.41. The molecule has 0 radical (unpaired) electrons. The van der Waals surface area contributed by atoms with Crippen LogP contribution in [0.3, 0.4) is 0 Å². The molecule has 0 unspecified atom stereocenters. The molecule has 3 heterocycles. The lowest BCUT2D eigenvalue weighted by molar-refractivity contribution is -0.116. The van der Waals surface area contributed by atoms with E-state index in [-0.39, 0.29) is 5.91 Å². The maximum Gasteiger partial charge on any atom is 0.244 e. The van der Waals surface area contributed by atoms with Gasteiger partial charge in [0, 0.05) is 35.4 Å². The van der Waals surface area contributed by atoms with Crippen molar-refractivity contribution in [3.05, 3.63) is 66.1 Å². The van der Waals surface area contributed by atoms with Gasteiger partial charge >= 0.3 is 0 Å². The molecular weight excluding hydrogens is 374 g/mol. The number of carbonyl (C=O) groups excluding carboxylic acids is 1. The van der Waals surface area contributed by atoms with Gasteiger partial charge in [0.2, 0.25) is 5.91 Å². The van der Waals surface area contributed by atoms with Crippen molar-refractivity contribution in [1.82, 2.24) is 19.3 Å². The SMILES string of the molecule is Cc1cc2ccccc2n1CC(=O)Nc1ccc(-c2nnc3n2CCCCC3)cc1. The number of rotatable bonds is 4. The van der Waals surface area contributed by atoms with Crippen LogP contribution in [0.1, 0.15) is 30.8 Å². The zero-order chi connectivity index (χ0) is 20.5. The number of nitrogens with zero attached hydrogens (tertiary/aromatic N) is 4. The molecule has 1 aliphatic heterocycles. The van der Waals surface area contributed by atoms with Crippen molar-refractivity contribution in [1.29, 1.82) is 0 Å². The predicted molar refractivity (Wildman–Crippen MR) is 118 cm³/mol. The summed E-state index contributed by atoms with van der Waals surface area (Å²) in [5, 5.41) is 13.0. The van der Waals surface area contributed by atoms with Crippen LogP contribution in [-0.2, 0) is 24.3 Å². The van der Waals surface area contributed by atoms with E-state index in [1.165, 1.54) is 19.3 Å². The monoisotopic (exact) mass is 399 g/mol. The fourth-order valence-corrected chi connectivity index (χ4v) is 4.30. The molecule has 2 aromatic heterocycles. The second kappa shape index (κ2) is 7.78. The zero-order valence-corrected chi connectivity index (χ0v) is 17.1. The van der Waals surface area contributed by atoms with Gasteiger partial charge in [0.05, 0.1) is 0 Å². The summed E-state index contributed by atoms with van der Waals surface area (Å²) in [6, 6.07) is 18.1. The number of amides is 1. The first-order valence-electron chi connectivity index (χ1n) is 10.6. The van der Waals surface area contributed by atoms with Crippen LogP contribution in [0.15, 0.2) is 54.6 Å². The fraction of sp³-hybridized carbons (Fsp3) is 0.292. The van der Waals surface area contributed by atoms with Crippen LogP contribution in [0.2, 0.25) is 0 Å². The molecule has 0 saturated heterocycles. The van der Waals surface area contributed by atoms with Crippen LogP contribution in [0.25, 0.3) is 22.3 Å². The van der Waals surface area contributed by atoms with Gasteiger partial charge in [0.25, 0.3) is 0 Å².